The second-order valence-electron chi connectivity index (χ2n) is 5.24. The first-order chi connectivity index (χ1) is 11.5. The highest BCUT2D eigenvalue weighted by Gasteiger charge is 2.07. The van der Waals surface area contributed by atoms with Gasteiger partial charge in [0, 0.05) is 11.6 Å². The van der Waals surface area contributed by atoms with E-state index in [1.807, 2.05) is 37.3 Å². The van der Waals surface area contributed by atoms with E-state index in [2.05, 4.69) is 10.6 Å². The zero-order valence-corrected chi connectivity index (χ0v) is 14.1. The summed E-state index contributed by atoms with van der Waals surface area (Å²) < 4.78 is 5.41. The smallest absolute Gasteiger partial charge is 0.258 e. The van der Waals surface area contributed by atoms with Gasteiger partial charge in [-0.25, -0.2) is 0 Å². The first-order valence-electron chi connectivity index (χ1n) is 7.51. The summed E-state index contributed by atoms with van der Waals surface area (Å²) in [7, 11) is 0. The summed E-state index contributed by atoms with van der Waals surface area (Å²) in [5.41, 5.74) is 1.84. The van der Waals surface area contributed by atoms with Crippen molar-refractivity contribution >= 4 is 23.4 Å². The Morgan fingerprint density at radius 1 is 1.04 bits per heavy atom. The molecular formula is C18H19ClN2O3. The van der Waals surface area contributed by atoms with Crippen molar-refractivity contribution in [1.82, 2.24) is 10.6 Å². The van der Waals surface area contributed by atoms with E-state index < -0.39 is 0 Å². The van der Waals surface area contributed by atoms with Gasteiger partial charge in [-0.3, -0.25) is 9.59 Å². The first kappa shape index (κ1) is 17.8. The molecule has 126 valence electrons. The lowest BCUT2D eigenvalue weighted by Crippen LogP contribution is -2.38. The van der Waals surface area contributed by atoms with Crippen LogP contribution in [-0.2, 0) is 16.1 Å². The van der Waals surface area contributed by atoms with Crippen LogP contribution in [0.15, 0.2) is 48.5 Å². The molecule has 2 N–H and O–H groups in total. The van der Waals surface area contributed by atoms with Crippen LogP contribution in [0.4, 0.5) is 0 Å². The Kier molecular flexibility index (Phi) is 6.63. The van der Waals surface area contributed by atoms with E-state index in [1.165, 1.54) is 0 Å². The van der Waals surface area contributed by atoms with Crippen LogP contribution in [0.2, 0.25) is 5.02 Å². The summed E-state index contributed by atoms with van der Waals surface area (Å²) in [6.07, 6.45) is 0. The number of hydrogen-bond donors (Lipinski definition) is 2. The molecule has 0 aromatic heterocycles. The highest BCUT2D eigenvalue weighted by atomic mass is 35.5. The molecule has 2 rings (SSSR count). The molecule has 0 aliphatic carbocycles. The van der Waals surface area contributed by atoms with Crippen molar-refractivity contribution in [2.45, 2.75) is 13.5 Å². The normalized spacial score (nSPS) is 10.1. The standard InChI is InChI=1S/C18H19ClN2O3/c1-13-9-15(19)7-8-16(13)24-12-18(23)21-11-17(22)20-10-14-5-3-2-4-6-14/h2-9H,10-12H2,1H3,(H,20,22)(H,21,23). The molecule has 0 saturated heterocycles. The molecule has 6 heteroatoms. The monoisotopic (exact) mass is 346 g/mol. The van der Waals surface area contributed by atoms with Crippen molar-refractivity contribution in [1.29, 1.82) is 0 Å². The molecule has 0 radical (unpaired) electrons. The lowest BCUT2D eigenvalue weighted by molar-refractivity contribution is -0.127. The molecule has 0 heterocycles. The molecule has 2 amide bonds. The molecule has 0 saturated carbocycles. The molecule has 5 nitrogen and oxygen atoms in total. The minimum atomic E-state index is -0.362. The summed E-state index contributed by atoms with van der Waals surface area (Å²) in [6, 6.07) is 14.7. The average molecular weight is 347 g/mol. The Balaban J connectivity index is 1.68. The van der Waals surface area contributed by atoms with Crippen molar-refractivity contribution in [2.75, 3.05) is 13.2 Å². The molecule has 0 bridgehead atoms. The van der Waals surface area contributed by atoms with Gasteiger partial charge in [-0.05, 0) is 36.2 Å². The Morgan fingerprint density at radius 3 is 2.50 bits per heavy atom. The third kappa shape index (κ3) is 5.93. The van der Waals surface area contributed by atoms with E-state index >= 15 is 0 Å². The van der Waals surface area contributed by atoms with E-state index in [1.54, 1.807) is 18.2 Å². The number of amides is 2. The molecule has 0 spiro atoms. The second-order valence-corrected chi connectivity index (χ2v) is 5.67. The average Bonchev–Trinajstić information content (AvgIpc) is 2.58. The quantitative estimate of drug-likeness (QED) is 0.809. The summed E-state index contributed by atoms with van der Waals surface area (Å²) >= 11 is 5.86. The topological polar surface area (TPSA) is 67.4 Å². The van der Waals surface area contributed by atoms with E-state index in [-0.39, 0.29) is 25.0 Å². The maximum atomic E-state index is 11.7. The molecular weight excluding hydrogens is 328 g/mol. The van der Waals surface area contributed by atoms with Crippen molar-refractivity contribution in [2.24, 2.45) is 0 Å². The highest BCUT2D eigenvalue weighted by molar-refractivity contribution is 6.30. The highest BCUT2D eigenvalue weighted by Crippen LogP contribution is 2.21. The van der Waals surface area contributed by atoms with Gasteiger partial charge >= 0.3 is 0 Å². The van der Waals surface area contributed by atoms with Crippen LogP contribution in [0.5, 0.6) is 5.75 Å². The number of rotatable bonds is 7. The van der Waals surface area contributed by atoms with Crippen LogP contribution in [-0.4, -0.2) is 25.0 Å². The minimum Gasteiger partial charge on any atom is -0.484 e. The lowest BCUT2D eigenvalue weighted by Gasteiger charge is -2.10. The maximum absolute atomic E-state index is 11.7. The van der Waals surface area contributed by atoms with E-state index in [0.29, 0.717) is 17.3 Å². The fraction of sp³-hybridized carbons (Fsp3) is 0.222. The Labute approximate surface area is 146 Å². The number of halogens is 1. The third-order valence-corrected chi connectivity index (χ3v) is 3.51. The van der Waals surface area contributed by atoms with Gasteiger partial charge in [-0.2, -0.15) is 0 Å². The number of hydrogen-bond acceptors (Lipinski definition) is 3. The van der Waals surface area contributed by atoms with Crippen molar-refractivity contribution in [3.8, 4) is 5.75 Å². The second kappa shape index (κ2) is 8.93. The zero-order valence-electron chi connectivity index (χ0n) is 13.3. The van der Waals surface area contributed by atoms with Crippen LogP contribution in [0.1, 0.15) is 11.1 Å². The van der Waals surface area contributed by atoms with Crippen LogP contribution < -0.4 is 15.4 Å². The van der Waals surface area contributed by atoms with Gasteiger partial charge in [-0.1, -0.05) is 41.9 Å². The number of carbonyl (C=O) groups excluding carboxylic acids is 2. The van der Waals surface area contributed by atoms with Crippen LogP contribution in [0.3, 0.4) is 0 Å². The van der Waals surface area contributed by atoms with Gasteiger partial charge in [0.25, 0.3) is 5.91 Å². The van der Waals surface area contributed by atoms with Gasteiger partial charge in [-0.15, -0.1) is 0 Å². The number of ether oxygens (including phenoxy) is 1. The number of nitrogens with one attached hydrogen (secondary N) is 2. The molecule has 24 heavy (non-hydrogen) atoms. The van der Waals surface area contributed by atoms with Crippen molar-refractivity contribution < 1.29 is 14.3 Å². The van der Waals surface area contributed by atoms with E-state index in [9.17, 15) is 9.59 Å². The van der Waals surface area contributed by atoms with Crippen LogP contribution in [0, 0.1) is 6.92 Å². The van der Waals surface area contributed by atoms with Gasteiger partial charge < -0.3 is 15.4 Å². The van der Waals surface area contributed by atoms with Crippen LogP contribution in [0.25, 0.3) is 0 Å². The number of benzene rings is 2. The Morgan fingerprint density at radius 2 is 1.79 bits per heavy atom. The summed E-state index contributed by atoms with van der Waals surface area (Å²) in [6.45, 7) is 2.02. The minimum absolute atomic E-state index is 0.0887. The number of carbonyl (C=O) groups is 2. The van der Waals surface area contributed by atoms with Gasteiger partial charge in [0.15, 0.2) is 6.61 Å². The van der Waals surface area contributed by atoms with Crippen molar-refractivity contribution in [3.05, 3.63) is 64.7 Å². The SMILES string of the molecule is Cc1cc(Cl)ccc1OCC(=O)NCC(=O)NCc1ccccc1. The van der Waals surface area contributed by atoms with Crippen molar-refractivity contribution in [3.63, 3.8) is 0 Å². The molecule has 0 unspecified atom stereocenters. The molecule has 0 aliphatic heterocycles. The predicted octanol–water partition coefficient (Wildman–Crippen LogP) is 2.46. The fourth-order valence-electron chi connectivity index (χ4n) is 2.01. The third-order valence-electron chi connectivity index (χ3n) is 3.27. The Bertz CT molecular complexity index is 705. The lowest BCUT2D eigenvalue weighted by atomic mass is 10.2. The molecule has 0 fully saturated rings. The van der Waals surface area contributed by atoms with Crippen LogP contribution >= 0.6 is 11.6 Å². The molecule has 2 aromatic carbocycles. The number of aryl methyl sites for hydroxylation is 1. The molecule has 0 aliphatic rings. The largest absolute Gasteiger partial charge is 0.484 e. The van der Waals surface area contributed by atoms with Gasteiger partial charge in [0.1, 0.15) is 5.75 Å². The fourth-order valence-corrected chi connectivity index (χ4v) is 2.23. The molecule has 0 atom stereocenters. The summed E-state index contributed by atoms with van der Waals surface area (Å²) in [5, 5.41) is 5.86. The summed E-state index contributed by atoms with van der Waals surface area (Å²) in [5.74, 6) is -0.0304. The van der Waals surface area contributed by atoms with Gasteiger partial charge in [0.2, 0.25) is 5.91 Å². The van der Waals surface area contributed by atoms with E-state index in [0.717, 1.165) is 11.1 Å². The predicted molar refractivity (Wildman–Crippen MR) is 93.0 cm³/mol. The zero-order chi connectivity index (χ0) is 17.4. The van der Waals surface area contributed by atoms with E-state index in [4.69, 9.17) is 16.3 Å². The maximum Gasteiger partial charge on any atom is 0.258 e. The summed E-state index contributed by atoms with van der Waals surface area (Å²) in [4.78, 5) is 23.4. The first-order valence-corrected chi connectivity index (χ1v) is 7.88. The molecule has 2 aromatic rings. The Hall–Kier alpha value is -2.53. The van der Waals surface area contributed by atoms with Gasteiger partial charge in [0.05, 0.1) is 6.54 Å².